The number of hydrogen-bond acceptors (Lipinski definition) is 6. The highest BCUT2D eigenvalue weighted by atomic mass is 16.6. The summed E-state index contributed by atoms with van der Waals surface area (Å²) in [5.41, 5.74) is 4.30. The van der Waals surface area contributed by atoms with Gasteiger partial charge in [0.05, 0.1) is 37.5 Å². The summed E-state index contributed by atoms with van der Waals surface area (Å²) in [4.78, 5) is 4.78. The van der Waals surface area contributed by atoms with Gasteiger partial charge >= 0.3 is 0 Å². The highest BCUT2D eigenvalue weighted by molar-refractivity contribution is 5.30. The molecule has 4 fully saturated rings. The van der Waals surface area contributed by atoms with E-state index in [1.54, 1.807) is 0 Å². The molecule has 0 saturated carbocycles. The van der Waals surface area contributed by atoms with Gasteiger partial charge in [0, 0.05) is 0 Å². The molecular weight excluding hydrogens is 452 g/mol. The zero-order valence-electron chi connectivity index (χ0n) is 20.7. The first kappa shape index (κ1) is 22.6. The van der Waals surface area contributed by atoms with E-state index >= 15 is 0 Å². The first-order valence-electron chi connectivity index (χ1n) is 12.8. The number of fused-ring (bicyclic) bond motifs is 2. The van der Waals surface area contributed by atoms with Gasteiger partial charge in [0.15, 0.2) is 0 Å². The van der Waals surface area contributed by atoms with Crippen molar-refractivity contribution in [1.82, 2.24) is 9.80 Å². The second kappa shape index (κ2) is 8.48. The van der Waals surface area contributed by atoms with Gasteiger partial charge in [0.1, 0.15) is 24.9 Å². The van der Waals surface area contributed by atoms with Crippen LogP contribution in [-0.2, 0) is 18.9 Å². The fourth-order valence-electron chi connectivity index (χ4n) is 6.20. The summed E-state index contributed by atoms with van der Waals surface area (Å²) in [7, 11) is 0. The molecule has 3 aromatic rings. The fraction of sp³-hybridized carbons (Fsp3) is 0.400. The molecule has 0 aliphatic carbocycles. The van der Waals surface area contributed by atoms with Crippen LogP contribution in [-0.4, -0.2) is 47.3 Å². The number of rotatable bonds is 4. The van der Waals surface area contributed by atoms with Gasteiger partial charge in [0.25, 0.3) is 0 Å². The van der Waals surface area contributed by atoms with E-state index in [1.807, 2.05) is 12.1 Å². The smallest absolute Gasteiger partial charge is 0.139 e. The molecule has 0 amide bonds. The van der Waals surface area contributed by atoms with E-state index in [2.05, 4.69) is 96.4 Å². The van der Waals surface area contributed by atoms with E-state index in [0.29, 0.717) is 26.4 Å². The number of benzene rings is 3. The molecule has 6 nitrogen and oxygen atoms in total. The lowest BCUT2D eigenvalue weighted by Crippen LogP contribution is -2.41. The Bertz CT molecular complexity index is 1130. The quantitative estimate of drug-likeness (QED) is 0.499. The third-order valence-electron chi connectivity index (χ3n) is 8.14. The zero-order valence-corrected chi connectivity index (χ0v) is 20.7. The molecule has 7 rings (SSSR count). The van der Waals surface area contributed by atoms with Crippen LogP contribution in [0.2, 0.25) is 0 Å². The van der Waals surface area contributed by atoms with Crippen molar-refractivity contribution in [3.63, 3.8) is 0 Å². The molecule has 0 spiro atoms. The lowest BCUT2D eigenvalue weighted by molar-refractivity contribution is -0.0633. The standard InChI is InChI=1S/C30H32N2O4/c1-29-17-33-25(21-9-5-3-6-10-21)31(29)27(35-19-29)23-13-15-24(16-14-23)28-32-26(22-11-7-4-8-12-22)34-18-30(32,2)20-36-28/h3-16,25-28H,17-20H2,1-2H3/t25-,26-,27+,28+,29-,30-/m0/s1. The second-order valence-corrected chi connectivity index (χ2v) is 10.9. The third kappa shape index (κ3) is 3.48. The van der Waals surface area contributed by atoms with Crippen LogP contribution in [0.5, 0.6) is 0 Å². The largest absolute Gasteiger partial charge is 0.357 e. The number of ether oxygens (including phenoxy) is 4. The summed E-state index contributed by atoms with van der Waals surface area (Å²) in [5.74, 6) is 0. The predicted molar refractivity (Wildman–Crippen MR) is 135 cm³/mol. The van der Waals surface area contributed by atoms with E-state index in [-0.39, 0.29) is 36.0 Å². The van der Waals surface area contributed by atoms with E-state index < -0.39 is 0 Å². The van der Waals surface area contributed by atoms with Gasteiger partial charge in [-0.2, -0.15) is 0 Å². The maximum atomic E-state index is 6.37. The molecule has 6 heteroatoms. The van der Waals surface area contributed by atoms with Crippen molar-refractivity contribution < 1.29 is 18.9 Å². The maximum absolute atomic E-state index is 6.37. The van der Waals surface area contributed by atoms with Crippen LogP contribution in [0.15, 0.2) is 84.9 Å². The lowest BCUT2D eigenvalue weighted by Gasteiger charge is -2.33. The van der Waals surface area contributed by atoms with Crippen molar-refractivity contribution in [1.29, 1.82) is 0 Å². The Labute approximate surface area is 212 Å². The Balaban J connectivity index is 1.16. The number of nitrogens with zero attached hydrogens (tertiary/aromatic N) is 2. The summed E-state index contributed by atoms with van der Waals surface area (Å²) in [6.45, 7) is 7.08. The van der Waals surface area contributed by atoms with Crippen LogP contribution in [0, 0.1) is 0 Å². The van der Waals surface area contributed by atoms with Gasteiger partial charge in [-0.25, -0.2) is 9.80 Å². The van der Waals surface area contributed by atoms with Crippen LogP contribution >= 0.6 is 0 Å². The molecule has 0 bridgehead atoms. The van der Waals surface area contributed by atoms with Gasteiger partial charge in [-0.1, -0.05) is 84.9 Å². The van der Waals surface area contributed by atoms with Gasteiger partial charge in [-0.15, -0.1) is 0 Å². The monoisotopic (exact) mass is 484 g/mol. The van der Waals surface area contributed by atoms with Crippen LogP contribution in [0.25, 0.3) is 0 Å². The Morgan fingerprint density at radius 2 is 0.750 bits per heavy atom. The summed E-state index contributed by atoms with van der Waals surface area (Å²) in [6.07, 6.45) is -0.538. The molecule has 4 heterocycles. The highest BCUT2D eigenvalue weighted by Gasteiger charge is 2.55. The topological polar surface area (TPSA) is 43.4 Å². The van der Waals surface area contributed by atoms with Crippen molar-refractivity contribution in [2.75, 3.05) is 26.4 Å². The molecule has 0 aromatic heterocycles. The van der Waals surface area contributed by atoms with Gasteiger partial charge in [-0.05, 0) is 36.1 Å². The van der Waals surface area contributed by atoms with Crippen molar-refractivity contribution in [2.45, 2.75) is 49.8 Å². The summed E-state index contributed by atoms with van der Waals surface area (Å²) in [5, 5.41) is 0. The van der Waals surface area contributed by atoms with Crippen molar-refractivity contribution in [3.8, 4) is 0 Å². The van der Waals surface area contributed by atoms with E-state index in [4.69, 9.17) is 18.9 Å². The second-order valence-electron chi connectivity index (χ2n) is 10.9. The summed E-state index contributed by atoms with van der Waals surface area (Å²) in [6, 6.07) is 29.6. The molecular formula is C30H32N2O4. The fourth-order valence-corrected chi connectivity index (χ4v) is 6.20. The van der Waals surface area contributed by atoms with E-state index in [1.165, 1.54) is 0 Å². The molecule has 3 aromatic carbocycles. The van der Waals surface area contributed by atoms with Crippen LogP contribution in [0.1, 0.15) is 61.0 Å². The lowest BCUT2D eigenvalue weighted by atomic mass is 10.0. The molecule has 0 radical (unpaired) electrons. The minimum Gasteiger partial charge on any atom is -0.357 e. The van der Waals surface area contributed by atoms with Crippen LogP contribution in [0.3, 0.4) is 0 Å². The van der Waals surface area contributed by atoms with Crippen molar-refractivity contribution in [3.05, 3.63) is 107 Å². The third-order valence-corrected chi connectivity index (χ3v) is 8.14. The minimum absolute atomic E-state index is 0.115. The Morgan fingerprint density at radius 1 is 0.472 bits per heavy atom. The van der Waals surface area contributed by atoms with Crippen molar-refractivity contribution in [2.24, 2.45) is 0 Å². The molecule has 6 atom stereocenters. The normalized spacial score (nSPS) is 36.3. The Morgan fingerprint density at radius 3 is 1.06 bits per heavy atom. The van der Waals surface area contributed by atoms with E-state index in [9.17, 15) is 0 Å². The first-order chi connectivity index (χ1) is 17.6. The highest BCUT2D eigenvalue weighted by Crippen LogP contribution is 2.50. The van der Waals surface area contributed by atoms with Gasteiger partial charge in [0.2, 0.25) is 0 Å². The average Bonchev–Trinajstić information content (AvgIpc) is 3.63. The molecule has 0 N–H and O–H groups in total. The van der Waals surface area contributed by atoms with Gasteiger partial charge < -0.3 is 18.9 Å². The first-order valence-corrected chi connectivity index (χ1v) is 12.8. The van der Waals surface area contributed by atoms with Crippen LogP contribution in [0.4, 0.5) is 0 Å². The van der Waals surface area contributed by atoms with Crippen molar-refractivity contribution >= 4 is 0 Å². The predicted octanol–water partition coefficient (Wildman–Crippen LogP) is 5.32. The Hall–Kier alpha value is -2.58. The molecule has 0 unspecified atom stereocenters. The molecule has 4 aliphatic rings. The maximum Gasteiger partial charge on any atom is 0.139 e. The van der Waals surface area contributed by atoms with Crippen LogP contribution < -0.4 is 0 Å². The van der Waals surface area contributed by atoms with E-state index in [0.717, 1.165) is 22.3 Å². The average molecular weight is 485 g/mol. The van der Waals surface area contributed by atoms with Gasteiger partial charge in [-0.3, -0.25) is 0 Å². The molecule has 36 heavy (non-hydrogen) atoms. The molecule has 186 valence electrons. The SMILES string of the molecule is C[C@]12CO[C@H](c3ccc([C@H]4OC[C@]5(C)CO[C@@H](c6ccccc6)N45)cc3)N1[C@H](c1ccccc1)OC2. The summed E-state index contributed by atoms with van der Waals surface area (Å²) < 4.78 is 25.3. The number of hydrogen-bond donors (Lipinski definition) is 0. The molecule has 4 saturated heterocycles. The zero-order chi connectivity index (χ0) is 24.3. The summed E-state index contributed by atoms with van der Waals surface area (Å²) >= 11 is 0. The minimum atomic E-state index is -0.154. The Kier molecular flexibility index (Phi) is 5.33. The molecule has 4 aliphatic heterocycles.